The van der Waals surface area contributed by atoms with E-state index >= 15 is 0 Å². The number of Topliss-reactive ketones (excluding diaryl/α,β-unsaturated/α-hetero) is 2. The molecule has 0 amide bonds. The zero-order chi connectivity index (χ0) is 17.5. The molecule has 0 aromatic heterocycles. The number of carbonyl (C=O) groups is 4. The number of ether oxygens (including phenoxy) is 2. The largest absolute Gasteiger partial charge is 0.468 e. The minimum atomic E-state index is -1.80. The minimum absolute atomic E-state index is 0.0769. The smallest absolute Gasteiger partial charge is 0.325 e. The van der Waals surface area contributed by atoms with Crippen molar-refractivity contribution in [3.05, 3.63) is 0 Å². The van der Waals surface area contributed by atoms with E-state index in [1.807, 2.05) is 0 Å². The Balaban J connectivity index is 5.19. The molecule has 0 fully saturated rings. The van der Waals surface area contributed by atoms with Crippen LogP contribution in [0.25, 0.3) is 0 Å². The Labute approximate surface area is 136 Å². The van der Waals surface area contributed by atoms with Crippen LogP contribution in [0.5, 0.6) is 0 Å². The zero-order valence-electron chi connectivity index (χ0n) is 12.8. The molecule has 0 aromatic rings. The number of methoxy groups -OCH3 is 2. The maximum absolute atomic E-state index is 12.0. The first-order valence-corrected chi connectivity index (χ1v) is 8.46. The maximum Gasteiger partial charge on any atom is 0.325 e. The molecule has 22 heavy (non-hydrogen) atoms. The number of carbonyl (C=O) groups excluding carboxylic acids is 4. The van der Waals surface area contributed by atoms with Gasteiger partial charge in [-0.2, -0.15) is 0 Å². The van der Waals surface area contributed by atoms with E-state index in [-0.39, 0.29) is 5.75 Å². The summed E-state index contributed by atoms with van der Waals surface area (Å²) in [6.45, 7) is 2.33. The number of hydrogen-bond donors (Lipinski definition) is 2. The van der Waals surface area contributed by atoms with Crippen LogP contribution in [0, 0.1) is 0 Å². The normalized spacial score (nSPS) is 13.9. The number of ketones is 2. The van der Waals surface area contributed by atoms with Crippen molar-refractivity contribution in [1.82, 2.24) is 0 Å². The first-order valence-electron chi connectivity index (χ1n) is 6.14. The summed E-state index contributed by atoms with van der Waals surface area (Å²) in [7, 11) is 4.09. The van der Waals surface area contributed by atoms with Gasteiger partial charge < -0.3 is 20.9 Å². The lowest BCUT2D eigenvalue weighted by Crippen LogP contribution is -2.59. The van der Waals surface area contributed by atoms with Crippen molar-refractivity contribution >= 4 is 45.1 Å². The second kappa shape index (κ2) is 9.13. The fraction of sp³-hybridized carbons (Fsp3) is 0.667. The molecule has 0 unspecified atom stereocenters. The van der Waals surface area contributed by atoms with Gasteiger partial charge in [-0.15, -0.1) is 0 Å². The second-order valence-corrected chi connectivity index (χ2v) is 6.93. The van der Waals surface area contributed by atoms with Crippen LogP contribution in [-0.4, -0.2) is 60.3 Å². The summed E-state index contributed by atoms with van der Waals surface area (Å²) in [6.07, 6.45) is 0. The Morgan fingerprint density at radius 2 is 1.45 bits per heavy atom. The fourth-order valence-corrected chi connectivity index (χ4v) is 4.76. The fourth-order valence-electron chi connectivity index (χ4n) is 1.57. The number of hydrogen-bond acceptors (Lipinski definition) is 10. The predicted octanol–water partition coefficient (Wildman–Crippen LogP) is -0.715. The van der Waals surface area contributed by atoms with Gasteiger partial charge in [-0.1, -0.05) is 21.6 Å². The van der Waals surface area contributed by atoms with Crippen molar-refractivity contribution in [3.8, 4) is 0 Å². The third-order valence-corrected chi connectivity index (χ3v) is 6.14. The summed E-state index contributed by atoms with van der Waals surface area (Å²) in [5.41, 5.74) is 11.3. The SMILES string of the molecule is COC(=O)[C@@H](N)C(SSC[C@H](N)C(=O)OC)(C(C)=O)C(C)=O. The molecule has 10 heteroatoms. The average molecular weight is 352 g/mol. The van der Waals surface area contributed by atoms with Crippen LogP contribution < -0.4 is 11.5 Å². The van der Waals surface area contributed by atoms with Gasteiger partial charge in [0.1, 0.15) is 12.1 Å². The Morgan fingerprint density at radius 1 is 1.00 bits per heavy atom. The number of esters is 2. The van der Waals surface area contributed by atoms with Crippen LogP contribution in [0.15, 0.2) is 0 Å². The summed E-state index contributed by atoms with van der Waals surface area (Å²) < 4.78 is 7.19. The highest BCUT2D eigenvalue weighted by molar-refractivity contribution is 8.77. The second-order valence-electron chi connectivity index (χ2n) is 4.35. The van der Waals surface area contributed by atoms with Crippen molar-refractivity contribution in [3.63, 3.8) is 0 Å². The molecule has 0 saturated heterocycles. The molecule has 0 aliphatic rings. The van der Waals surface area contributed by atoms with Crippen LogP contribution >= 0.6 is 21.6 Å². The Morgan fingerprint density at radius 3 is 1.82 bits per heavy atom. The predicted molar refractivity (Wildman–Crippen MR) is 84.1 cm³/mol. The molecule has 0 radical (unpaired) electrons. The van der Waals surface area contributed by atoms with E-state index in [4.69, 9.17) is 11.5 Å². The van der Waals surface area contributed by atoms with E-state index < -0.39 is 40.3 Å². The Kier molecular flexibility index (Phi) is 8.68. The highest BCUT2D eigenvalue weighted by atomic mass is 33.1. The summed E-state index contributed by atoms with van der Waals surface area (Å²) in [5.74, 6) is -2.59. The topological polar surface area (TPSA) is 139 Å². The molecule has 0 aliphatic carbocycles. The molecule has 0 aromatic carbocycles. The standard InChI is InChI=1S/C12H20N2O6S2/c1-6(15)12(7(2)16,9(14)11(18)20-4)22-21-5-8(13)10(17)19-3/h8-9H,5,13-14H2,1-4H3/t8-,9+/m0/s1. The molecule has 2 atom stereocenters. The maximum atomic E-state index is 12.0. The van der Waals surface area contributed by atoms with E-state index in [9.17, 15) is 19.2 Å². The molecule has 0 spiro atoms. The average Bonchev–Trinajstić information content (AvgIpc) is 2.48. The number of rotatable bonds is 9. The summed E-state index contributed by atoms with van der Waals surface area (Å²) in [5, 5.41) is 0. The minimum Gasteiger partial charge on any atom is -0.468 e. The molecule has 126 valence electrons. The van der Waals surface area contributed by atoms with Gasteiger partial charge in [0.25, 0.3) is 0 Å². The van der Waals surface area contributed by atoms with E-state index in [1.165, 1.54) is 7.11 Å². The van der Waals surface area contributed by atoms with Gasteiger partial charge >= 0.3 is 11.9 Å². The van der Waals surface area contributed by atoms with E-state index in [2.05, 4.69) is 9.47 Å². The lowest BCUT2D eigenvalue weighted by Gasteiger charge is -2.31. The molecule has 0 rings (SSSR count). The van der Waals surface area contributed by atoms with E-state index in [0.717, 1.165) is 42.5 Å². The number of nitrogens with two attached hydrogens (primary N) is 2. The summed E-state index contributed by atoms with van der Waals surface area (Å²) in [6, 6.07) is -2.38. The first kappa shape index (κ1) is 20.9. The van der Waals surface area contributed by atoms with Crippen LogP contribution in [-0.2, 0) is 28.7 Å². The summed E-state index contributed by atoms with van der Waals surface area (Å²) >= 11 is 0. The van der Waals surface area contributed by atoms with Crippen molar-refractivity contribution in [1.29, 1.82) is 0 Å². The lowest BCUT2D eigenvalue weighted by atomic mass is 9.91. The van der Waals surface area contributed by atoms with Crippen molar-refractivity contribution in [2.24, 2.45) is 11.5 Å². The third-order valence-electron chi connectivity index (χ3n) is 2.88. The van der Waals surface area contributed by atoms with Crippen molar-refractivity contribution < 1.29 is 28.7 Å². The highest BCUT2D eigenvalue weighted by Crippen LogP contribution is 2.40. The van der Waals surface area contributed by atoms with E-state index in [1.54, 1.807) is 0 Å². The molecule has 0 bridgehead atoms. The molecule has 0 heterocycles. The monoisotopic (exact) mass is 352 g/mol. The summed E-state index contributed by atoms with van der Waals surface area (Å²) in [4.78, 5) is 46.8. The molecule has 4 N–H and O–H groups in total. The zero-order valence-corrected chi connectivity index (χ0v) is 14.4. The van der Waals surface area contributed by atoms with Crippen LogP contribution in [0.4, 0.5) is 0 Å². The van der Waals surface area contributed by atoms with Gasteiger partial charge in [0.2, 0.25) is 0 Å². The Hall–Kier alpha value is -1.10. The third kappa shape index (κ3) is 4.70. The van der Waals surface area contributed by atoms with Crippen molar-refractivity contribution in [2.45, 2.75) is 30.7 Å². The van der Waals surface area contributed by atoms with Crippen molar-refractivity contribution in [2.75, 3.05) is 20.0 Å². The van der Waals surface area contributed by atoms with Gasteiger partial charge in [0.05, 0.1) is 14.2 Å². The molecular weight excluding hydrogens is 332 g/mol. The molecular formula is C12H20N2O6S2. The Bertz CT molecular complexity index is 443. The van der Waals surface area contributed by atoms with E-state index in [0.29, 0.717) is 0 Å². The van der Waals surface area contributed by atoms with Gasteiger partial charge in [-0.25, -0.2) is 0 Å². The van der Waals surface area contributed by atoms with Crippen LogP contribution in [0.2, 0.25) is 0 Å². The van der Waals surface area contributed by atoms with Gasteiger partial charge in [0, 0.05) is 5.75 Å². The quantitative estimate of drug-likeness (QED) is 0.310. The lowest BCUT2D eigenvalue weighted by molar-refractivity contribution is -0.146. The van der Waals surface area contributed by atoms with Crippen LogP contribution in [0.3, 0.4) is 0 Å². The van der Waals surface area contributed by atoms with Crippen LogP contribution in [0.1, 0.15) is 13.8 Å². The first-order chi connectivity index (χ1) is 10.1. The molecule has 0 aliphatic heterocycles. The van der Waals surface area contributed by atoms with Gasteiger partial charge in [-0.05, 0) is 13.8 Å². The molecule has 8 nitrogen and oxygen atoms in total. The van der Waals surface area contributed by atoms with Gasteiger partial charge in [0.15, 0.2) is 16.3 Å². The highest BCUT2D eigenvalue weighted by Gasteiger charge is 2.51. The van der Waals surface area contributed by atoms with Gasteiger partial charge in [-0.3, -0.25) is 19.2 Å². The molecule has 0 saturated carbocycles.